The Kier molecular flexibility index (Phi) is 3.44. The van der Waals surface area contributed by atoms with Gasteiger partial charge in [0.2, 0.25) is 5.91 Å². The van der Waals surface area contributed by atoms with Gasteiger partial charge in [0.05, 0.1) is 17.9 Å². The van der Waals surface area contributed by atoms with Crippen molar-refractivity contribution < 1.29 is 4.79 Å². The normalized spacial score (nSPS) is 14.4. The number of hydrogen-bond donors (Lipinski definition) is 0. The number of benzene rings is 1. The third-order valence-corrected chi connectivity index (χ3v) is 3.93. The number of amides is 1. The van der Waals surface area contributed by atoms with Crippen LogP contribution >= 0.6 is 15.9 Å². The minimum Gasteiger partial charge on any atom is -0.356 e. The molecule has 102 valence electrons. The van der Waals surface area contributed by atoms with Gasteiger partial charge in [-0.1, -0.05) is 22.0 Å². The van der Waals surface area contributed by atoms with E-state index in [1.54, 1.807) is 11.1 Å². The molecular weight excluding hydrogens is 318 g/mol. The van der Waals surface area contributed by atoms with Gasteiger partial charge in [-0.15, -0.1) is 0 Å². The number of halogens is 1. The molecule has 4 nitrogen and oxygen atoms in total. The number of pyridine rings is 1. The van der Waals surface area contributed by atoms with Crippen molar-refractivity contribution in [2.24, 2.45) is 0 Å². The van der Waals surface area contributed by atoms with Gasteiger partial charge in [0.25, 0.3) is 0 Å². The van der Waals surface area contributed by atoms with E-state index in [1.807, 2.05) is 43.6 Å². The van der Waals surface area contributed by atoms with Crippen molar-refractivity contribution in [1.82, 2.24) is 4.98 Å². The molecule has 0 fully saturated rings. The van der Waals surface area contributed by atoms with Crippen LogP contribution in [-0.4, -0.2) is 24.5 Å². The molecule has 1 aromatic carbocycles. The van der Waals surface area contributed by atoms with Gasteiger partial charge in [0.15, 0.2) is 0 Å². The zero-order valence-corrected chi connectivity index (χ0v) is 12.7. The topological polar surface area (TPSA) is 36.4 Å². The van der Waals surface area contributed by atoms with Gasteiger partial charge in [-0.25, -0.2) is 0 Å². The van der Waals surface area contributed by atoms with Crippen LogP contribution in [0, 0.1) is 0 Å². The lowest BCUT2D eigenvalue weighted by Gasteiger charge is -2.35. The molecule has 3 rings (SSSR count). The van der Waals surface area contributed by atoms with Gasteiger partial charge in [0, 0.05) is 30.5 Å². The van der Waals surface area contributed by atoms with Crippen molar-refractivity contribution in [1.29, 1.82) is 0 Å². The maximum absolute atomic E-state index is 12.1. The summed E-state index contributed by atoms with van der Waals surface area (Å²) in [7, 11) is 1.81. The van der Waals surface area contributed by atoms with Crippen LogP contribution in [0.5, 0.6) is 0 Å². The van der Waals surface area contributed by atoms with Gasteiger partial charge in [-0.05, 0) is 29.8 Å². The molecule has 0 radical (unpaired) electrons. The first kappa shape index (κ1) is 13.1. The highest BCUT2D eigenvalue weighted by atomic mass is 79.9. The Balaban J connectivity index is 1.97. The van der Waals surface area contributed by atoms with E-state index in [2.05, 4.69) is 25.8 Å². The smallest absolute Gasteiger partial charge is 0.246 e. The molecule has 0 bridgehead atoms. The molecule has 2 aromatic rings. The molecule has 0 unspecified atom stereocenters. The molecule has 1 aromatic heterocycles. The summed E-state index contributed by atoms with van der Waals surface area (Å²) in [6.07, 6.45) is 3.59. The first-order valence-corrected chi connectivity index (χ1v) is 7.14. The molecule has 1 aliphatic heterocycles. The molecule has 20 heavy (non-hydrogen) atoms. The third kappa shape index (κ3) is 2.41. The molecule has 0 aliphatic carbocycles. The van der Waals surface area contributed by atoms with E-state index in [0.29, 0.717) is 13.1 Å². The van der Waals surface area contributed by atoms with Gasteiger partial charge in [0.1, 0.15) is 0 Å². The number of carbonyl (C=O) groups excluding carboxylic acids is 1. The zero-order valence-electron chi connectivity index (χ0n) is 11.1. The van der Waals surface area contributed by atoms with Crippen LogP contribution in [0.25, 0.3) is 0 Å². The minimum absolute atomic E-state index is 0.0968. The van der Waals surface area contributed by atoms with Crippen molar-refractivity contribution in [2.45, 2.75) is 6.54 Å². The first-order chi connectivity index (χ1) is 9.65. The largest absolute Gasteiger partial charge is 0.356 e. The third-order valence-electron chi connectivity index (χ3n) is 3.44. The van der Waals surface area contributed by atoms with Gasteiger partial charge in [-0.3, -0.25) is 9.78 Å². The number of rotatable bonds is 2. The van der Waals surface area contributed by atoms with Crippen molar-refractivity contribution in [3.8, 4) is 0 Å². The van der Waals surface area contributed by atoms with E-state index in [1.165, 1.54) is 0 Å². The zero-order chi connectivity index (χ0) is 14.1. The average Bonchev–Trinajstić information content (AvgIpc) is 2.45. The second-order valence-electron chi connectivity index (χ2n) is 4.80. The summed E-state index contributed by atoms with van der Waals surface area (Å²) in [6, 6.07) is 9.95. The first-order valence-electron chi connectivity index (χ1n) is 6.35. The second-order valence-corrected chi connectivity index (χ2v) is 5.72. The second kappa shape index (κ2) is 5.25. The van der Waals surface area contributed by atoms with Crippen molar-refractivity contribution in [3.63, 3.8) is 0 Å². The van der Waals surface area contributed by atoms with Crippen LogP contribution in [0.15, 0.2) is 47.2 Å². The van der Waals surface area contributed by atoms with Crippen molar-refractivity contribution in [3.05, 3.63) is 52.8 Å². The lowest BCUT2D eigenvalue weighted by atomic mass is 10.1. The van der Waals surface area contributed by atoms with Crippen molar-refractivity contribution in [2.75, 3.05) is 23.4 Å². The van der Waals surface area contributed by atoms with Gasteiger partial charge < -0.3 is 9.80 Å². The summed E-state index contributed by atoms with van der Waals surface area (Å²) in [4.78, 5) is 20.0. The molecule has 1 amide bonds. The number of likely N-dealkylation sites (N-methyl/N-ethyl adjacent to an activating group) is 1. The van der Waals surface area contributed by atoms with Crippen LogP contribution in [0.4, 0.5) is 11.4 Å². The Morgan fingerprint density at radius 1 is 1.30 bits per heavy atom. The Morgan fingerprint density at radius 2 is 2.15 bits per heavy atom. The number of nitrogens with zero attached hydrogens (tertiary/aromatic N) is 3. The van der Waals surface area contributed by atoms with E-state index in [9.17, 15) is 4.79 Å². The molecule has 0 spiro atoms. The van der Waals surface area contributed by atoms with Gasteiger partial charge >= 0.3 is 0 Å². The van der Waals surface area contributed by atoms with Crippen LogP contribution in [0.2, 0.25) is 0 Å². The van der Waals surface area contributed by atoms with Crippen LogP contribution in [0.3, 0.4) is 0 Å². The number of anilines is 2. The quantitative estimate of drug-likeness (QED) is 0.849. The van der Waals surface area contributed by atoms with E-state index < -0.39 is 0 Å². The Bertz CT molecular complexity index is 645. The van der Waals surface area contributed by atoms with E-state index in [4.69, 9.17) is 0 Å². The van der Waals surface area contributed by atoms with E-state index in [-0.39, 0.29) is 5.91 Å². The number of fused-ring (bicyclic) bond motifs is 1. The summed E-state index contributed by atoms with van der Waals surface area (Å²) >= 11 is 3.46. The van der Waals surface area contributed by atoms with Crippen LogP contribution in [0.1, 0.15) is 5.56 Å². The van der Waals surface area contributed by atoms with Crippen molar-refractivity contribution >= 4 is 33.2 Å². The fraction of sp³-hybridized carbons (Fsp3) is 0.200. The summed E-state index contributed by atoms with van der Waals surface area (Å²) in [5.41, 5.74) is 3.09. The highest BCUT2D eigenvalue weighted by molar-refractivity contribution is 9.10. The Hall–Kier alpha value is -1.88. The predicted molar refractivity (Wildman–Crippen MR) is 82.8 cm³/mol. The van der Waals surface area contributed by atoms with Crippen LogP contribution < -0.4 is 9.80 Å². The van der Waals surface area contributed by atoms with Gasteiger partial charge in [-0.2, -0.15) is 0 Å². The fourth-order valence-electron chi connectivity index (χ4n) is 2.37. The molecule has 2 heterocycles. The fourth-order valence-corrected chi connectivity index (χ4v) is 2.72. The molecule has 0 N–H and O–H groups in total. The maximum Gasteiger partial charge on any atom is 0.246 e. The lowest BCUT2D eigenvalue weighted by Crippen LogP contribution is -2.43. The minimum atomic E-state index is 0.0968. The number of carbonyl (C=O) groups is 1. The van der Waals surface area contributed by atoms with Crippen LogP contribution in [-0.2, 0) is 11.3 Å². The molecular formula is C15H14BrN3O. The highest BCUT2D eigenvalue weighted by Crippen LogP contribution is 2.35. The monoisotopic (exact) mass is 331 g/mol. The molecule has 5 heteroatoms. The molecule has 0 saturated heterocycles. The summed E-state index contributed by atoms with van der Waals surface area (Å²) in [5, 5.41) is 0. The SMILES string of the molecule is CN1C(=O)CN(Cc2cccnc2)c2ccc(Br)cc21. The lowest BCUT2D eigenvalue weighted by molar-refractivity contribution is -0.117. The number of hydrogen-bond acceptors (Lipinski definition) is 3. The molecule has 0 atom stereocenters. The Labute approximate surface area is 126 Å². The summed E-state index contributed by atoms with van der Waals surface area (Å²) < 4.78 is 0.971. The van der Waals surface area contributed by atoms with E-state index >= 15 is 0 Å². The molecule has 1 aliphatic rings. The number of aromatic nitrogens is 1. The Morgan fingerprint density at radius 3 is 2.90 bits per heavy atom. The summed E-state index contributed by atoms with van der Waals surface area (Å²) in [5.74, 6) is 0.0968. The molecule has 0 saturated carbocycles. The standard InChI is InChI=1S/C15H14BrN3O/c1-18-14-7-12(16)4-5-13(14)19(10-15(18)20)9-11-3-2-6-17-8-11/h2-8H,9-10H2,1H3. The average molecular weight is 332 g/mol. The predicted octanol–water partition coefficient (Wildman–Crippen LogP) is 2.83. The highest BCUT2D eigenvalue weighted by Gasteiger charge is 2.26. The summed E-state index contributed by atoms with van der Waals surface area (Å²) in [6.45, 7) is 1.07. The maximum atomic E-state index is 12.1. The van der Waals surface area contributed by atoms with E-state index in [0.717, 1.165) is 21.4 Å².